The maximum atomic E-state index is 12.5. The van der Waals surface area contributed by atoms with Gasteiger partial charge in [0.2, 0.25) is 0 Å². The fraction of sp³-hybridized carbons (Fsp3) is 0.500. The predicted octanol–water partition coefficient (Wildman–Crippen LogP) is 3.70. The summed E-state index contributed by atoms with van der Waals surface area (Å²) in [7, 11) is 1.62. The molecule has 8 heteroatoms. The zero-order chi connectivity index (χ0) is 23.3. The Labute approximate surface area is 199 Å². The summed E-state index contributed by atoms with van der Waals surface area (Å²) in [6.07, 6.45) is 10.3. The van der Waals surface area contributed by atoms with Gasteiger partial charge >= 0.3 is 0 Å². The molecular formula is C26H32N4O4. The molecule has 34 heavy (non-hydrogen) atoms. The molecule has 0 unspecified atom stereocenters. The molecule has 8 nitrogen and oxygen atoms in total. The van der Waals surface area contributed by atoms with Crippen molar-refractivity contribution < 1.29 is 14.2 Å². The van der Waals surface area contributed by atoms with Crippen LogP contribution in [0.4, 0.5) is 0 Å². The number of methoxy groups -OCH3 is 1. The summed E-state index contributed by atoms with van der Waals surface area (Å²) < 4.78 is 18.3. The third kappa shape index (κ3) is 5.17. The van der Waals surface area contributed by atoms with Gasteiger partial charge in [-0.05, 0) is 50.5 Å². The average molecular weight is 465 g/mol. The van der Waals surface area contributed by atoms with Crippen LogP contribution in [0.25, 0.3) is 11.0 Å². The summed E-state index contributed by atoms with van der Waals surface area (Å²) in [5.41, 5.74) is 2.66. The first-order chi connectivity index (χ1) is 16.7. The number of nitrogens with zero attached hydrogens (tertiary/aromatic N) is 3. The van der Waals surface area contributed by atoms with Crippen LogP contribution in [0.3, 0.4) is 0 Å². The van der Waals surface area contributed by atoms with Crippen molar-refractivity contribution in [3.63, 3.8) is 0 Å². The van der Waals surface area contributed by atoms with Crippen LogP contribution in [0.2, 0.25) is 0 Å². The van der Waals surface area contributed by atoms with Gasteiger partial charge in [0.1, 0.15) is 19.0 Å². The molecule has 0 spiro atoms. The summed E-state index contributed by atoms with van der Waals surface area (Å²) in [4.78, 5) is 21.4. The largest absolute Gasteiger partial charge is 0.495 e. The molecule has 3 aromatic heterocycles. The van der Waals surface area contributed by atoms with E-state index in [-0.39, 0.29) is 5.56 Å². The smallest absolute Gasteiger partial charge is 0.251 e. The molecule has 0 amide bonds. The third-order valence-corrected chi connectivity index (χ3v) is 6.95. The fourth-order valence-electron chi connectivity index (χ4n) is 5.02. The van der Waals surface area contributed by atoms with Gasteiger partial charge in [-0.3, -0.25) is 14.8 Å². The molecule has 2 aliphatic rings. The number of aryl methyl sites for hydroxylation is 1. The Hall–Kier alpha value is -3.13. The molecule has 0 bridgehead atoms. The first-order valence-electron chi connectivity index (χ1n) is 12.2. The van der Waals surface area contributed by atoms with Gasteiger partial charge in [-0.15, -0.1) is 0 Å². The minimum atomic E-state index is 0.0169. The molecule has 1 aliphatic heterocycles. The second-order valence-electron chi connectivity index (χ2n) is 9.16. The van der Waals surface area contributed by atoms with Gasteiger partial charge in [0.25, 0.3) is 5.56 Å². The molecule has 4 heterocycles. The summed E-state index contributed by atoms with van der Waals surface area (Å²) >= 11 is 0. The van der Waals surface area contributed by atoms with Crippen LogP contribution in [-0.4, -0.2) is 40.9 Å². The first kappa shape index (κ1) is 22.7. The van der Waals surface area contributed by atoms with Gasteiger partial charge in [-0.2, -0.15) is 0 Å². The number of fused-ring (bicyclic) bond motifs is 2. The van der Waals surface area contributed by atoms with Crippen molar-refractivity contribution >= 4 is 11.0 Å². The van der Waals surface area contributed by atoms with Crippen LogP contribution in [0, 0.1) is 5.92 Å². The summed E-state index contributed by atoms with van der Waals surface area (Å²) in [5.74, 6) is 2.91. The number of rotatable bonds is 8. The van der Waals surface area contributed by atoms with Crippen LogP contribution < -0.4 is 25.1 Å². The monoisotopic (exact) mass is 464 g/mol. The highest BCUT2D eigenvalue weighted by molar-refractivity contribution is 5.75. The quantitative estimate of drug-likeness (QED) is 0.544. The lowest BCUT2D eigenvalue weighted by Crippen LogP contribution is -2.33. The molecule has 3 aromatic rings. The number of aromatic nitrogens is 3. The molecule has 180 valence electrons. The van der Waals surface area contributed by atoms with Crippen molar-refractivity contribution in [3.05, 3.63) is 52.7 Å². The zero-order valence-corrected chi connectivity index (χ0v) is 19.7. The summed E-state index contributed by atoms with van der Waals surface area (Å²) in [6, 6.07) is 7.79. The molecule has 5 rings (SSSR count). The normalized spacial score (nSPS) is 19.8. The van der Waals surface area contributed by atoms with E-state index in [9.17, 15) is 4.79 Å². The topological polar surface area (TPSA) is 87.5 Å². The van der Waals surface area contributed by atoms with E-state index in [0.717, 1.165) is 47.6 Å². The Morgan fingerprint density at radius 1 is 1.06 bits per heavy atom. The van der Waals surface area contributed by atoms with Gasteiger partial charge in [0.15, 0.2) is 11.5 Å². The van der Waals surface area contributed by atoms with E-state index < -0.39 is 0 Å². The minimum absolute atomic E-state index is 0.0169. The third-order valence-electron chi connectivity index (χ3n) is 6.95. The lowest BCUT2D eigenvalue weighted by Gasteiger charge is -2.29. The van der Waals surface area contributed by atoms with Gasteiger partial charge in [0.05, 0.1) is 36.2 Å². The minimum Gasteiger partial charge on any atom is -0.495 e. The molecule has 0 aromatic carbocycles. The highest BCUT2D eigenvalue weighted by atomic mass is 16.6. The van der Waals surface area contributed by atoms with Crippen molar-refractivity contribution in [1.29, 1.82) is 0 Å². The fourth-order valence-corrected chi connectivity index (χ4v) is 5.02. The Bertz CT molecular complexity index is 1190. The van der Waals surface area contributed by atoms with Gasteiger partial charge < -0.3 is 24.1 Å². The molecule has 0 atom stereocenters. The molecule has 1 saturated carbocycles. The number of hydrogen-bond acceptors (Lipinski definition) is 7. The maximum Gasteiger partial charge on any atom is 0.251 e. The average Bonchev–Trinajstić information content (AvgIpc) is 2.89. The molecule has 1 N–H and O–H groups in total. The molecule has 1 fully saturated rings. The maximum absolute atomic E-state index is 12.5. The number of pyridine rings is 3. The number of nitrogens with one attached hydrogen (secondary N) is 1. The lowest BCUT2D eigenvalue weighted by atomic mass is 9.83. The molecule has 0 saturated heterocycles. The molecular weight excluding hydrogens is 432 g/mol. The SMILES string of the molecule is COc1cnc2ccc(=O)n(CCCC3CCC(NCc4cc5c(cn4)OCCO5)CC3)c2c1. The van der Waals surface area contributed by atoms with E-state index in [1.165, 1.54) is 25.7 Å². The van der Waals surface area contributed by atoms with Gasteiger partial charge in [0, 0.05) is 37.3 Å². The Balaban J connectivity index is 1.09. The summed E-state index contributed by atoms with van der Waals surface area (Å²) in [5, 5.41) is 3.66. The second kappa shape index (κ2) is 10.4. The lowest BCUT2D eigenvalue weighted by molar-refractivity contribution is 0.170. The van der Waals surface area contributed by atoms with Crippen molar-refractivity contribution in [3.8, 4) is 17.2 Å². The van der Waals surface area contributed by atoms with E-state index >= 15 is 0 Å². The van der Waals surface area contributed by atoms with Crippen LogP contribution in [-0.2, 0) is 13.1 Å². The van der Waals surface area contributed by atoms with Crippen LogP contribution in [0.15, 0.2) is 41.5 Å². The van der Waals surface area contributed by atoms with E-state index in [1.807, 2.05) is 16.7 Å². The van der Waals surface area contributed by atoms with E-state index in [4.69, 9.17) is 14.2 Å². The van der Waals surface area contributed by atoms with E-state index in [1.54, 1.807) is 31.6 Å². The Morgan fingerprint density at radius 3 is 2.71 bits per heavy atom. The number of hydrogen-bond donors (Lipinski definition) is 1. The standard InChI is InChI=1S/C26H32N4O4/c1-32-21-14-23-22(29-16-21)8-9-26(31)30(23)10-2-3-18-4-6-19(7-5-18)27-15-20-13-24-25(17-28-20)34-12-11-33-24/h8-9,13-14,16-19,27H,2-7,10-12,15H2,1H3. The van der Waals surface area contributed by atoms with Crippen molar-refractivity contribution in [2.45, 2.75) is 57.7 Å². The number of ether oxygens (including phenoxy) is 3. The van der Waals surface area contributed by atoms with E-state index in [2.05, 4.69) is 15.3 Å². The van der Waals surface area contributed by atoms with Gasteiger partial charge in [-0.1, -0.05) is 0 Å². The van der Waals surface area contributed by atoms with Crippen molar-refractivity contribution in [1.82, 2.24) is 19.9 Å². The van der Waals surface area contributed by atoms with Crippen molar-refractivity contribution in [2.24, 2.45) is 5.92 Å². The summed E-state index contributed by atoms with van der Waals surface area (Å²) in [6.45, 7) is 2.63. The first-order valence-corrected chi connectivity index (χ1v) is 12.2. The Kier molecular flexibility index (Phi) is 6.94. The van der Waals surface area contributed by atoms with E-state index in [0.29, 0.717) is 37.5 Å². The van der Waals surface area contributed by atoms with Crippen LogP contribution in [0.1, 0.15) is 44.2 Å². The van der Waals surface area contributed by atoms with Gasteiger partial charge in [-0.25, -0.2) is 0 Å². The second-order valence-corrected chi connectivity index (χ2v) is 9.16. The van der Waals surface area contributed by atoms with Crippen LogP contribution in [0.5, 0.6) is 17.2 Å². The predicted molar refractivity (Wildman–Crippen MR) is 130 cm³/mol. The highest BCUT2D eigenvalue weighted by Gasteiger charge is 2.21. The highest BCUT2D eigenvalue weighted by Crippen LogP contribution is 2.30. The zero-order valence-electron chi connectivity index (χ0n) is 19.7. The molecule has 0 radical (unpaired) electrons. The van der Waals surface area contributed by atoms with Crippen LogP contribution >= 0.6 is 0 Å². The molecule has 1 aliphatic carbocycles. The van der Waals surface area contributed by atoms with Crippen molar-refractivity contribution in [2.75, 3.05) is 20.3 Å². The Morgan fingerprint density at radius 2 is 1.88 bits per heavy atom.